The van der Waals surface area contributed by atoms with Gasteiger partial charge in [-0.1, -0.05) is 0 Å². The fourth-order valence-electron chi connectivity index (χ4n) is 2.73. The van der Waals surface area contributed by atoms with Gasteiger partial charge >= 0.3 is 0 Å². The lowest BCUT2D eigenvalue weighted by molar-refractivity contribution is 1.66. The van der Waals surface area contributed by atoms with Crippen LogP contribution in [0.2, 0.25) is 0 Å². The molecule has 0 aliphatic carbocycles. The lowest BCUT2D eigenvalue weighted by Gasteiger charge is -1.92. The van der Waals surface area contributed by atoms with Gasteiger partial charge in [0.2, 0.25) is 0 Å². The molecule has 0 amide bonds. The number of anilines is 1. The number of benzene rings is 1. The summed E-state index contributed by atoms with van der Waals surface area (Å²) in [5.41, 5.74) is 5.93. The third kappa shape index (κ3) is 1.41. The Hall–Kier alpha value is -1.14. The highest BCUT2D eigenvalue weighted by atomic mass is 32.1. The van der Waals surface area contributed by atoms with Gasteiger partial charge in [0.1, 0.15) is 0 Å². The number of hydrogen-bond acceptors (Lipinski definition) is 5. The zero-order valence-electron chi connectivity index (χ0n) is 10.5. The van der Waals surface area contributed by atoms with E-state index in [0.29, 0.717) is 0 Å². The van der Waals surface area contributed by atoms with Gasteiger partial charge in [-0.2, -0.15) is 0 Å². The van der Waals surface area contributed by atoms with Crippen molar-refractivity contribution < 1.29 is 0 Å². The van der Waals surface area contributed by atoms with Crippen LogP contribution >= 0.6 is 45.3 Å². The molecule has 0 aliphatic rings. The predicted octanol–water partition coefficient (Wildman–Crippen LogP) is 6.44. The second-order valence-corrected chi connectivity index (χ2v) is 9.45. The molecule has 20 heavy (non-hydrogen) atoms. The lowest BCUT2D eigenvalue weighted by atomic mass is 10.2. The largest absolute Gasteiger partial charge is 0.391 e. The fourth-order valence-corrected chi connectivity index (χ4v) is 7.49. The van der Waals surface area contributed by atoms with Crippen LogP contribution in [0.4, 0.5) is 5.00 Å². The van der Waals surface area contributed by atoms with Crippen LogP contribution in [0.3, 0.4) is 0 Å². The van der Waals surface area contributed by atoms with Gasteiger partial charge in [-0.3, -0.25) is 0 Å². The molecule has 5 heteroatoms. The van der Waals surface area contributed by atoms with E-state index in [1.165, 1.54) is 43.8 Å². The van der Waals surface area contributed by atoms with Gasteiger partial charge in [-0.05, 0) is 31.2 Å². The highest BCUT2D eigenvalue weighted by molar-refractivity contribution is 7.35. The highest BCUT2D eigenvalue weighted by Crippen LogP contribution is 2.46. The molecule has 0 unspecified atom stereocenters. The maximum absolute atomic E-state index is 5.93. The summed E-state index contributed by atoms with van der Waals surface area (Å²) in [4.78, 5) is 1.40. The summed E-state index contributed by atoms with van der Waals surface area (Å²) >= 11 is 7.37. The molecule has 0 atom stereocenters. The molecular weight excluding hydrogens is 322 g/mol. The Kier molecular flexibility index (Phi) is 2.15. The van der Waals surface area contributed by atoms with Crippen molar-refractivity contribution in [1.29, 1.82) is 0 Å². The SMILES string of the molecule is Cc1cc2sc3cc4c(cc3c2s1)sc1cc(N)sc14. The van der Waals surface area contributed by atoms with Gasteiger partial charge in [-0.25, -0.2) is 0 Å². The van der Waals surface area contributed by atoms with Gasteiger partial charge < -0.3 is 5.73 Å². The first-order chi connectivity index (χ1) is 9.69. The molecule has 5 rings (SSSR count). The molecule has 4 heterocycles. The van der Waals surface area contributed by atoms with Crippen molar-refractivity contribution >= 4 is 89.3 Å². The molecule has 0 radical (unpaired) electrons. The van der Waals surface area contributed by atoms with Crippen LogP contribution in [0, 0.1) is 6.92 Å². The van der Waals surface area contributed by atoms with Crippen LogP contribution < -0.4 is 5.73 Å². The van der Waals surface area contributed by atoms with E-state index < -0.39 is 0 Å². The van der Waals surface area contributed by atoms with E-state index in [1.807, 2.05) is 34.0 Å². The molecule has 0 bridgehead atoms. The maximum atomic E-state index is 5.93. The van der Waals surface area contributed by atoms with Crippen LogP contribution in [0.25, 0.3) is 39.0 Å². The summed E-state index contributed by atoms with van der Waals surface area (Å²) in [6.45, 7) is 2.19. The molecule has 0 aliphatic heterocycles. The molecule has 0 saturated carbocycles. The molecule has 5 aromatic rings. The third-order valence-corrected chi connectivity index (χ3v) is 8.09. The number of nitrogen functional groups attached to an aromatic ring is 1. The van der Waals surface area contributed by atoms with Crippen LogP contribution in [0.1, 0.15) is 4.88 Å². The molecule has 98 valence electrons. The fraction of sp³-hybridized carbons (Fsp3) is 0.0667. The van der Waals surface area contributed by atoms with Crippen LogP contribution in [-0.2, 0) is 0 Å². The lowest BCUT2D eigenvalue weighted by Crippen LogP contribution is -1.72. The second kappa shape index (κ2) is 3.74. The van der Waals surface area contributed by atoms with E-state index in [0.717, 1.165) is 5.00 Å². The molecule has 0 spiro atoms. The quantitative estimate of drug-likeness (QED) is 0.347. The van der Waals surface area contributed by atoms with E-state index in [1.54, 1.807) is 11.3 Å². The topological polar surface area (TPSA) is 26.0 Å². The Morgan fingerprint density at radius 2 is 1.30 bits per heavy atom. The average molecular weight is 332 g/mol. The zero-order chi connectivity index (χ0) is 13.4. The van der Waals surface area contributed by atoms with Crippen molar-refractivity contribution in [3.8, 4) is 0 Å². The van der Waals surface area contributed by atoms with E-state index in [4.69, 9.17) is 5.73 Å². The molecule has 1 aromatic carbocycles. The van der Waals surface area contributed by atoms with Crippen molar-refractivity contribution in [2.75, 3.05) is 5.73 Å². The Labute approximate surface area is 130 Å². The Morgan fingerprint density at radius 3 is 2.00 bits per heavy atom. The van der Waals surface area contributed by atoms with Crippen molar-refractivity contribution in [3.05, 3.63) is 29.1 Å². The minimum Gasteiger partial charge on any atom is -0.391 e. The summed E-state index contributed by atoms with van der Waals surface area (Å²) in [5.74, 6) is 0. The number of rotatable bonds is 0. The number of aryl methyl sites for hydroxylation is 1. The van der Waals surface area contributed by atoms with E-state index in [2.05, 4.69) is 31.2 Å². The third-order valence-electron chi connectivity index (χ3n) is 3.55. The molecule has 2 N–H and O–H groups in total. The van der Waals surface area contributed by atoms with Gasteiger partial charge in [0.25, 0.3) is 0 Å². The summed E-state index contributed by atoms with van der Waals surface area (Å²) in [5, 5.41) is 3.69. The van der Waals surface area contributed by atoms with Crippen molar-refractivity contribution in [2.24, 2.45) is 0 Å². The van der Waals surface area contributed by atoms with E-state index in [9.17, 15) is 0 Å². The minimum atomic E-state index is 0.913. The van der Waals surface area contributed by atoms with Gasteiger partial charge in [0.15, 0.2) is 0 Å². The molecular formula is C15H9NS4. The van der Waals surface area contributed by atoms with E-state index in [-0.39, 0.29) is 0 Å². The summed E-state index contributed by atoms with van der Waals surface area (Å²) < 4.78 is 8.30. The van der Waals surface area contributed by atoms with Crippen LogP contribution in [-0.4, -0.2) is 0 Å². The smallest absolute Gasteiger partial charge is 0.0877 e. The number of fused-ring (bicyclic) bond motifs is 6. The van der Waals surface area contributed by atoms with Gasteiger partial charge in [0.05, 0.1) is 14.4 Å². The molecule has 4 aromatic heterocycles. The van der Waals surface area contributed by atoms with Crippen LogP contribution in [0.5, 0.6) is 0 Å². The first-order valence-electron chi connectivity index (χ1n) is 6.23. The van der Waals surface area contributed by atoms with Crippen molar-refractivity contribution in [2.45, 2.75) is 6.92 Å². The monoisotopic (exact) mass is 331 g/mol. The summed E-state index contributed by atoms with van der Waals surface area (Å²) in [7, 11) is 0. The summed E-state index contributed by atoms with van der Waals surface area (Å²) in [6.07, 6.45) is 0. The predicted molar refractivity (Wildman–Crippen MR) is 97.1 cm³/mol. The minimum absolute atomic E-state index is 0.913. The Bertz CT molecular complexity index is 1030. The summed E-state index contributed by atoms with van der Waals surface area (Å²) in [6, 6.07) is 9.13. The Balaban J connectivity index is 2.00. The first-order valence-corrected chi connectivity index (χ1v) is 9.50. The first kappa shape index (κ1) is 11.5. The van der Waals surface area contributed by atoms with Crippen LogP contribution in [0.15, 0.2) is 24.3 Å². The number of nitrogens with two attached hydrogens (primary N) is 1. The second-order valence-electron chi connectivity index (χ2n) is 4.94. The average Bonchev–Trinajstić information content (AvgIpc) is 3.06. The molecule has 0 fully saturated rings. The van der Waals surface area contributed by atoms with Crippen molar-refractivity contribution in [1.82, 2.24) is 0 Å². The molecule has 0 saturated heterocycles. The molecule has 1 nitrogen and oxygen atoms in total. The zero-order valence-corrected chi connectivity index (χ0v) is 13.8. The normalized spacial score (nSPS) is 12.4. The van der Waals surface area contributed by atoms with Gasteiger partial charge in [0, 0.05) is 34.4 Å². The standard InChI is InChI=1S/C15H9NS4/c1-6-2-11-14(17-6)7-3-10-8(4-9(7)18-11)15-12(19-10)5-13(16)20-15/h2-5H,16H2,1H3. The number of hydrogen-bond donors (Lipinski definition) is 1. The Morgan fingerprint density at radius 1 is 0.700 bits per heavy atom. The van der Waals surface area contributed by atoms with Gasteiger partial charge in [-0.15, -0.1) is 45.3 Å². The number of thiophene rings is 4. The van der Waals surface area contributed by atoms with Crippen molar-refractivity contribution in [3.63, 3.8) is 0 Å². The highest BCUT2D eigenvalue weighted by Gasteiger charge is 2.13. The maximum Gasteiger partial charge on any atom is 0.0877 e. The van der Waals surface area contributed by atoms with E-state index >= 15 is 0 Å².